The van der Waals surface area contributed by atoms with E-state index < -0.39 is 17.7 Å². The molecule has 0 fully saturated rings. The summed E-state index contributed by atoms with van der Waals surface area (Å²) in [6.45, 7) is 9.83. The van der Waals surface area contributed by atoms with Gasteiger partial charge in [-0.3, -0.25) is 4.68 Å². The second-order valence-electron chi connectivity index (χ2n) is 10.1. The van der Waals surface area contributed by atoms with Gasteiger partial charge in [0.25, 0.3) is 0 Å². The first kappa shape index (κ1) is 26.3. The lowest BCUT2D eigenvalue weighted by Crippen LogP contribution is -2.29. The normalized spacial score (nSPS) is 12.8. The van der Waals surface area contributed by atoms with E-state index in [1.807, 2.05) is 77.3 Å². The number of carbonyl (C=O) groups is 1. The van der Waals surface area contributed by atoms with E-state index in [-0.39, 0.29) is 6.61 Å². The fourth-order valence-corrected chi connectivity index (χ4v) is 5.76. The Morgan fingerprint density at radius 3 is 2.55 bits per heavy atom. The van der Waals surface area contributed by atoms with Crippen molar-refractivity contribution in [1.82, 2.24) is 19.7 Å². The van der Waals surface area contributed by atoms with E-state index >= 15 is 0 Å². The van der Waals surface area contributed by atoms with Crippen molar-refractivity contribution < 1.29 is 14.3 Å². The number of benzene rings is 2. The molecule has 0 aliphatic rings. The minimum atomic E-state index is -0.913. The molecule has 0 aliphatic heterocycles. The smallest absolute Gasteiger partial charge is 0.339 e. The molecular weight excluding hydrogens is 520 g/mol. The van der Waals surface area contributed by atoms with Gasteiger partial charge in [0.05, 0.1) is 28.6 Å². The molecule has 0 amide bonds. The zero-order chi connectivity index (χ0) is 27.2. The topological polar surface area (TPSA) is 79.1 Å². The Morgan fingerprint density at radius 1 is 1.13 bits per heavy atom. The number of pyridine rings is 1. The summed E-state index contributed by atoms with van der Waals surface area (Å²) in [4.78, 5) is 22.9. The monoisotopic (exact) mass is 548 g/mol. The number of carbonyl (C=O) groups excluding carboxylic acids is 1. The summed E-state index contributed by atoms with van der Waals surface area (Å²) in [5, 5.41) is 6.71. The summed E-state index contributed by atoms with van der Waals surface area (Å²) < 4.78 is 14.5. The number of esters is 1. The molecule has 5 aromatic rings. The molecule has 9 heteroatoms. The number of aryl methyl sites for hydroxylation is 2. The standard InChI is InChI=1S/C29H29ClN4O3S/c1-7-36-28(35)24(37-29(3,4)5)22-16(2)12-21-25(23(22)17-8-10-20(30)11-9-17)38-27(33-21)19-13-18-15-32-34(6)26(18)31-14-19/h8-15,24H,7H2,1-6H3/t24-/m0/s1. The van der Waals surface area contributed by atoms with Gasteiger partial charge >= 0.3 is 5.97 Å². The Hall–Kier alpha value is -3.33. The van der Waals surface area contributed by atoms with Crippen LogP contribution in [0.5, 0.6) is 0 Å². The average Bonchev–Trinajstić information content (AvgIpc) is 3.45. The summed E-state index contributed by atoms with van der Waals surface area (Å²) in [5.41, 5.74) is 5.43. The zero-order valence-electron chi connectivity index (χ0n) is 22.2. The molecule has 0 aliphatic carbocycles. The van der Waals surface area contributed by atoms with E-state index in [1.165, 1.54) is 0 Å². The maximum atomic E-state index is 13.3. The van der Waals surface area contributed by atoms with Crippen molar-refractivity contribution in [3.63, 3.8) is 0 Å². The van der Waals surface area contributed by atoms with Crippen molar-refractivity contribution in [2.45, 2.75) is 46.3 Å². The number of hydrogen-bond acceptors (Lipinski definition) is 7. The Morgan fingerprint density at radius 2 is 1.87 bits per heavy atom. The highest BCUT2D eigenvalue weighted by Gasteiger charge is 2.33. The van der Waals surface area contributed by atoms with Gasteiger partial charge in [0.2, 0.25) is 0 Å². The van der Waals surface area contributed by atoms with Gasteiger partial charge in [0, 0.05) is 40.3 Å². The molecule has 0 radical (unpaired) electrons. The number of halogens is 1. The molecule has 1 atom stereocenters. The number of fused-ring (bicyclic) bond motifs is 2. The maximum Gasteiger partial charge on any atom is 0.339 e. The van der Waals surface area contributed by atoms with Crippen molar-refractivity contribution in [2.24, 2.45) is 7.05 Å². The minimum Gasteiger partial charge on any atom is -0.464 e. The molecule has 0 spiro atoms. The van der Waals surface area contributed by atoms with Crippen LogP contribution in [0.15, 0.2) is 48.8 Å². The quantitative estimate of drug-likeness (QED) is 0.207. The van der Waals surface area contributed by atoms with Gasteiger partial charge < -0.3 is 9.47 Å². The van der Waals surface area contributed by atoms with Crippen LogP contribution in [0.4, 0.5) is 0 Å². The summed E-state index contributed by atoms with van der Waals surface area (Å²) in [5.74, 6) is -0.420. The highest BCUT2D eigenvalue weighted by atomic mass is 35.5. The summed E-state index contributed by atoms with van der Waals surface area (Å²) in [6, 6.07) is 11.7. The first-order valence-electron chi connectivity index (χ1n) is 12.4. The van der Waals surface area contributed by atoms with Crippen LogP contribution in [-0.2, 0) is 21.3 Å². The number of thiazole rings is 1. The van der Waals surface area contributed by atoms with Crippen molar-refractivity contribution in [1.29, 1.82) is 0 Å². The summed E-state index contributed by atoms with van der Waals surface area (Å²) in [7, 11) is 1.87. The van der Waals surface area contributed by atoms with E-state index in [0.29, 0.717) is 5.02 Å². The molecule has 38 heavy (non-hydrogen) atoms. The SMILES string of the molecule is CCOC(=O)[C@@H](OC(C)(C)C)c1c(C)cc2nc(-c3cnc4c(cnn4C)c3)sc2c1-c1ccc(Cl)cc1. The van der Waals surface area contributed by atoms with Gasteiger partial charge in [-0.05, 0) is 70.0 Å². The molecule has 5 rings (SSSR count). The van der Waals surface area contributed by atoms with Crippen LogP contribution in [-0.4, -0.2) is 37.9 Å². The van der Waals surface area contributed by atoms with E-state index in [1.54, 1.807) is 29.1 Å². The molecule has 3 aromatic heterocycles. The third-order valence-corrected chi connectivity index (χ3v) is 7.50. The largest absolute Gasteiger partial charge is 0.464 e. The van der Waals surface area contributed by atoms with Crippen molar-refractivity contribution in [3.8, 4) is 21.7 Å². The molecular formula is C29H29ClN4O3S. The first-order valence-corrected chi connectivity index (χ1v) is 13.6. The molecule has 196 valence electrons. The van der Waals surface area contributed by atoms with Crippen molar-refractivity contribution in [2.75, 3.05) is 6.61 Å². The van der Waals surface area contributed by atoms with Gasteiger partial charge in [0.1, 0.15) is 5.01 Å². The van der Waals surface area contributed by atoms with Crippen LogP contribution >= 0.6 is 22.9 Å². The van der Waals surface area contributed by atoms with Crippen LogP contribution in [0.2, 0.25) is 5.02 Å². The molecule has 0 bridgehead atoms. The number of rotatable bonds is 6. The molecule has 0 saturated heterocycles. The van der Waals surface area contributed by atoms with Crippen LogP contribution in [0.3, 0.4) is 0 Å². The maximum absolute atomic E-state index is 13.3. The fraction of sp³-hybridized carbons (Fsp3) is 0.310. The van der Waals surface area contributed by atoms with Crippen LogP contribution in [0.25, 0.3) is 42.9 Å². The van der Waals surface area contributed by atoms with Gasteiger partial charge in [-0.1, -0.05) is 23.7 Å². The number of ether oxygens (including phenoxy) is 2. The van der Waals surface area contributed by atoms with Crippen molar-refractivity contribution in [3.05, 3.63) is 64.9 Å². The predicted molar refractivity (Wildman–Crippen MR) is 153 cm³/mol. The highest BCUT2D eigenvalue weighted by molar-refractivity contribution is 7.22. The molecule has 0 unspecified atom stereocenters. The zero-order valence-corrected chi connectivity index (χ0v) is 23.8. The Labute approximate surface area is 230 Å². The molecule has 0 N–H and O–H groups in total. The van der Waals surface area contributed by atoms with Crippen LogP contribution in [0.1, 0.15) is 44.9 Å². The minimum absolute atomic E-state index is 0.259. The molecule has 7 nitrogen and oxygen atoms in total. The van der Waals surface area contributed by atoms with Gasteiger partial charge in [-0.25, -0.2) is 14.8 Å². The Balaban J connectivity index is 1.77. The van der Waals surface area contributed by atoms with Gasteiger partial charge in [-0.2, -0.15) is 5.10 Å². The second-order valence-corrected chi connectivity index (χ2v) is 11.6. The van der Waals surface area contributed by atoms with E-state index in [2.05, 4.69) is 10.1 Å². The molecule has 3 heterocycles. The predicted octanol–water partition coefficient (Wildman–Crippen LogP) is 7.29. The third-order valence-electron chi connectivity index (χ3n) is 6.11. The average molecular weight is 549 g/mol. The fourth-order valence-electron chi connectivity index (χ4n) is 4.53. The number of nitrogens with zero attached hydrogens (tertiary/aromatic N) is 4. The Bertz CT molecular complexity index is 1650. The third kappa shape index (κ3) is 5.04. The van der Waals surface area contributed by atoms with E-state index in [0.717, 1.165) is 54.1 Å². The van der Waals surface area contributed by atoms with Crippen molar-refractivity contribution >= 4 is 50.2 Å². The summed E-state index contributed by atoms with van der Waals surface area (Å²) >= 11 is 7.80. The molecule has 2 aromatic carbocycles. The molecule has 0 saturated carbocycles. The highest BCUT2D eigenvalue weighted by Crippen LogP contribution is 2.44. The van der Waals surface area contributed by atoms with Gasteiger partial charge in [-0.15, -0.1) is 11.3 Å². The van der Waals surface area contributed by atoms with Crippen LogP contribution < -0.4 is 0 Å². The second kappa shape index (κ2) is 10.1. The summed E-state index contributed by atoms with van der Waals surface area (Å²) in [6.07, 6.45) is 2.71. The lowest BCUT2D eigenvalue weighted by Gasteiger charge is -2.29. The van der Waals surface area contributed by atoms with E-state index in [4.69, 9.17) is 26.1 Å². The first-order chi connectivity index (χ1) is 18.1. The number of hydrogen-bond donors (Lipinski definition) is 0. The van der Waals surface area contributed by atoms with E-state index in [9.17, 15) is 4.79 Å². The van der Waals surface area contributed by atoms with Crippen LogP contribution in [0, 0.1) is 6.92 Å². The Kier molecular flexibility index (Phi) is 6.98. The lowest BCUT2D eigenvalue weighted by atomic mass is 9.91. The number of aromatic nitrogens is 4. The lowest BCUT2D eigenvalue weighted by molar-refractivity contribution is -0.166. The van der Waals surface area contributed by atoms with Gasteiger partial charge in [0.15, 0.2) is 11.8 Å².